The lowest BCUT2D eigenvalue weighted by Crippen LogP contribution is -2.35. The van der Waals surface area contributed by atoms with E-state index in [1.165, 1.54) is 28.7 Å². The molecule has 1 aliphatic heterocycles. The second-order valence-electron chi connectivity index (χ2n) is 32.8. The van der Waals surface area contributed by atoms with Crippen molar-refractivity contribution in [1.82, 2.24) is 4.90 Å². The number of ether oxygens (including phenoxy) is 5. The van der Waals surface area contributed by atoms with E-state index in [0.29, 0.717) is 92.2 Å². The molecule has 0 aliphatic carbocycles. The zero-order chi connectivity index (χ0) is 95.3. The first-order valence-corrected chi connectivity index (χ1v) is 47.6. The van der Waals surface area contributed by atoms with Crippen LogP contribution in [0, 0.1) is 0 Å². The molecule has 0 spiro atoms. The molecule has 10 atom stereocenters. The van der Waals surface area contributed by atoms with Crippen molar-refractivity contribution in [2.24, 2.45) is 0 Å². The Morgan fingerprint density at radius 3 is 0.771 bits per heavy atom. The van der Waals surface area contributed by atoms with E-state index in [4.69, 9.17) is 86.8 Å². The normalized spacial score (nSPS) is 13.9. The van der Waals surface area contributed by atoms with Crippen molar-refractivity contribution >= 4 is 127 Å². The molecule has 0 saturated carbocycles. The third-order valence-electron chi connectivity index (χ3n) is 22.6. The number of piperidine rings is 1. The van der Waals surface area contributed by atoms with E-state index >= 15 is 0 Å². The van der Waals surface area contributed by atoms with Crippen LogP contribution in [0.5, 0.6) is 0 Å². The predicted molar refractivity (Wildman–Crippen MR) is 535 cm³/mol. The van der Waals surface area contributed by atoms with Crippen molar-refractivity contribution in [2.45, 2.75) is 213 Å². The molecular formula is C110H125BrCl5NO14. The topological polar surface area (TPSA) is 206 Å². The van der Waals surface area contributed by atoms with Gasteiger partial charge in [-0.05, 0) is 279 Å². The van der Waals surface area contributed by atoms with Crippen molar-refractivity contribution in [3.05, 3.63) is 357 Å². The molecule has 10 aromatic carbocycles. The SMILES string of the molecule is C=Cc1ccc(C(Cc2ccc(Cl)cc2)[C@@H](CC(C)=O)OCC)cc1.CCO[C@H](CC(C)=O)C(Cc1ccc(Cl)cc1)c1ccc(Br)cc1.CCO[C@H](CC(C)=O)C(Cc1ccc(Cl)cc1)c1ccc(C(=O)N2CCCCC2)cc1.CCO[C@H](CC(C)=O)C(Cc1ccc(Cl)cc1)c1ccc(C(=O)O)cc1.CCO[C@H](CC(C)=O)C(Cc1ccc(Cl)cc1)c1ccc(C=O)cc1. The molecule has 15 nitrogen and oxygen atoms in total. The summed E-state index contributed by atoms with van der Waals surface area (Å²) in [6.45, 7) is 25.9. The van der Waals surface area contributed by atoms with Crippen LogP contribution in [-0.2, 0) is 79.8 Å². The average molecular weight is 1940 g/mol. The fraction of sp³-hybridized carbons (Fsp3) is 0.364. The van der Waals surface area contributed by atoms with E-state index in [2.05, 4.69) is 46.8 Å². The van der Waals surface area contributed by atoms with Crippen molar-refractivity contribution in [3.63, 3.8) is 0 Å². The molecule has 21 heteroatoms. The number of likely N-dealkylation sites (tertiary alicyclic amines) is 1. The Hall–Kier alpha value is -9.37. The molecule has 131 heavy (non-hydrogen) atoms. The highest BCUT2D eigenvalue weighted by Crippen LogP contribution is 2.37. The van der Waals surface area contributed by atoms with Crippen LogP contribution in [0.4, 0.5) is 0 Å². The lowest BCUT2D eigenvalue weighted by Gasteiger charge is -2.28. The number of amides is 1. The number of benzene rings is 10. The highest BCUT2D eigenvalue weighted by Gasteiger charge is 2.32. The summed E-state index contributed by atoms with van der Waals surface area (Å²) in [6, 6.07) is 77.5. The van der Waals surface area contributed by atoms with Gasteiger partial charge in [0, 0.05) is 149 Å². The van der Waals surface area contributed by atoms with Gasteiger partial charge < -0.3 is 33.7 Å². The average Bonchev–Trinajstić information content (AvgIpc) is 0.851. The van der Waals surface area contributed by atoms with Crippen molar-refractivity contribution in [3.8, 4) is 0 Å². The molecule has 1 amide bonds. The van der Waals surface area contributed by atoms with Crippen LogP contribution in [0.15, 0.2) is 254 Å². The van der Waals surface area contributed by atoms with E-state index < -0.39 is 5.97 Å². The van der Waals surface area contributed by atoms with E-state index in [0.717, 1.165) is 117 Å². The van der Waals surface area contributed by atoms with Gasteiger partial charge in [-0.2, -0.15) is 0 Å². The van der Waals surface area contributed by atoms with Gasteiger partial charge in [-0.1, -0.05) is 232 Å². The van der Waals surface area contributed by atoms with Crippen LogP contribution in [0.3, 0.4) is 0 Å². The molecular weight excluding hydrogens is 1820 g/mol. The fourth-order valence-electron chi connectivity index (χ4n) is 16.2. The Morgan fingerprint density at radius 1 is 0.336 bits per heavy atom. The van der Waals surface area contributed by atoms with Crippen molar-refractivity contribution < 1.29 is 67.1 Å². The Balaban J connectivity index is 0.000000225. The summed E-state index contributed by atoms with van der Waals surface area (Å²) in [5.74, 6) is -0.132. The van der Waals surface area contributed by atoms with Crippen LogP contribution in [0.25, 0.3) is 6.08 Å². The molecule has 1 N–H and O–H groups in total. The Morgan fingerprint density at radius 2 is 0.557 bits per heavy atom. The quantitative estimate of drug-likeness (QED) is 0.0353. The monoisotopic (exact) mass is 1940 g/mol. The minimum Gasteiger partial charge on any atom is -0.478 e. The van der Waals surface area contributed by atoms with Gasteiger partial charge in [-0.3, -0.25) is 33.6 Å². The smallest absolute Gasteiger partial charge is 0.335 e. The summed E-state index contributed by atoms with van der Waals surface area (Å²) in [6.07, 6.45) is 10.6. The number of carboxylic acids is 1. The molecule has 0 bridgehead atoms. The summed E-state index contributed by atoms with van der Waals surface area (Å²) in [7, 11) is 0. The predicted octanol–water partition coefficient (Wildman–Crippen LogP) is 26.8. The summed E-state index contributed by atoms with van der Waals surface area (Å²) < 4.78 is 30.7. The Labute approximate surface area is 808 Å². The summed E-state index contributed by atoms with van der Waals surface area (Å²) in [5, 5.41) is 12.6. The molecule has 0 aromatic heterocycles. The lowest BCUT2D eigenvalue weighted by molar-refractivity contribution is -0.121. The number of aldehydes is 1. The van der Waals surface area contributed by atoms with Gasteiger partial charge in [0.1, 0.15) is 35.2 Å². The summed E-state index contributed by atoms with van der Waals surface area (Å²) in [4.78, 5) is 95.6. The van der Waals surface area contributed by atoms with Crippen LogP contribution < -0.4 is 0 Å². The minimum atomic E-state index is -0.962. The highest BCUT2D eigenvalue weighted by molar-refractivity contribution is 9.10. The zero-order valence-corrected chi connectivity index (χ0v) is 82.2. The number of aromatic carboxylic acids is 1. The standard InChI is InChI=1S/C26H32ClNO3.C22H25ClO2.C21H23ClO4.C21H23ClO3.C20H22BrClO2/c1-3-31-25(17-19(2)29)24(18-20-7-13-23(27)14-8-20)21-9-11-22(12-10-21)26(30)28-15-5-4-6-16-28;1-4-17-6-10-19(11-7-17)21(22(25-5-2)14-16(3)24)15-18-8-12-20(23)13-9-18;1-3-26-20(12-14(2)23)19(13-15-4-10-18(22)11-5-15)16-6-8-17(9-7-16)21(24)25;1-3-25-21(12-15(2)24)20(13-16-6-10-19(22)11-7-16)18-8-4-17(14-23)5-9-18;1-3-24-20(12-14(2)23)19(16-6-8-17(21)9-7-16)13-15-4-10-18(22)11-5-15/h7-14,24-25H,3-6,15-18H2,1-2H3;4,6-13,21-22H,1,5,14-15H2,2-3H3;4-11,19-20H,3,12-13H2,1-2H3,(H,24,25);4-11,14,20-21H,3,12-13H2,1-2H3;4-11,19-20H,3,12-13H2,1-2H3/t24?,25-;21?,22-;19?,20-;20?,21-;19?,20-/m11111/s1. The first kappa shape index (κ1) is 109. The molecule has 11 rings (SSSR count). The Bertz CT molecular complexity index is 5010. The number of nitrogens with zero attached hydrogens (tertiary/aromatic N) is 1. The van der Waals surface area contributed by atoms with E-state index in [1.54, 1.807) is 71.0 Å². The van der Waals surface area contributed by atoms with Crippen LogP contribution in [0.2, 0.25) is 25.1 Å². The number of Topliss-reactive ketones (excluding diaryl/α,β-unsaturated/α-hetero) is 5. The summed E-state index contributed by atoms with van der Waals surface area (Å²) >= 11 is 33.5. The fourth-order valence-corrected chi connectivity index (χ4v) is 17.1. The maximum atomic E-state index is 12.8. The first-order chi connectivity index (χ1) is 62.9. The van der Waals surface area contributed by atoms with Gasteiger partial charge in [-0.15, -0.1) is 0 Å². The molecule has 1 saturated heterocycles. The third-order valence-corrected chi connectivity index (χ3v) is 24.4. The van der Waals surface area contributed by atoms with E-state index in [1.807, 2.05) is 228 Å². The maximum Gasteiger partial charge on any atom is 0.335 e. The molecule has 696 valence electrons. The van der Waals surface area contributed by atoms with Gasteiger partial charge in [0.2, 0.25) is 0 Å². The van der Waals surface area contributed by atoms with Crippen molar-refractivity contribution in [1.29, 1.82) is 0 Å². The molecule has 1 aliphatic rings. The van der Waals surface area contributed by atoms with E-state index in [-0.39, 0.29) is 100 Å². The number of carbonyl (C=O) groups excluding carboxylic acids is 7. The molecule has 0 radical (unpaired) electrons. The maximum absolute atomic E-state index is 12.8. The second kappa shape index (κ2) is 58.6. The molecule has 1 fully saturated rings. The highest BCUT2D eigenvalue weighted by atomic mass is 79.9. The molecule has 1 heterocycles. The van der Waals surface area contributed by atoms with E-state index in [9.17, 15) is 38.4 Å². The van der Waals surface area contributed by atoms with Gasteiger partial charge in [0.05, 0.1) is 36.1 Å². The van der Waals surface area contributed by atoms with Crippen LogP contribution >= 0.6 is 73.9 Å². The first-order valence-electron chi connectivity index (χ1n) is 45.0. The minimum absolute atomic E-state index is 0.00386. The second-order valence-corrected chi connectivity index (χ2v) is 35.9. The molecule has 10 aromatic rings. The van der Waals surface area contributed by atoms with Gasteiger partial charge in [-0.25, -0.2) is 4.79 Å². The van der Waals surface area contributed by atoms with Crippen LogP contribution in [-0.4, -0.2) is 134 Å². The van der Waals surface area contributed by atoms with Crippen molar-refractivity contribution in [2.75, 3.05) is 46.1 Å². The van der Waals surface area contributed by atoms with Gasteiger partial charge >= 0.3 is 5.97 Å². The largest absolute Gasteiger partial charge is 0.478 e. The number of hydrogen-bond acceptors (Lipinski definition) is 13. The number of hydrogen-bond donors (Lipinski definition) is 1. The number of halogens is 6. The number of carboxylic acid groups (broad SMARTS) is 1. The zero-order valence-electron chi connectivity index (χ0n) is 76.8. The third kappa shape index (κ3) is 38.6. The number of rotatable bonds is 44. The van der Waals surface area contributed by atoms with Crippen LogP contribution in [0.1, 0.15) is 242 Å². The Kier molecular flexibility index (Phi) is 48.6. The molecule has 5 unspecified atom stereocenters. The number of carbonyl (C=O) groups is 8. The van der Waals surface area contributed by atoms with Gasteiger partial charge in [0.15, 0.2) is 0 Å². The van der Waals surface area contributed by atoms with Gasteiger partial charge in [0.25, 0.3) is 5.91 Å². The number of ketones is 5. The lowest BCUT2D eigenvalue weighted by atomic mass is 9.85. The summed E-state index contributed by atoms with van der Waals surface area (Å²) in [5.41, 5.74) is 13.8.